The van der Waals surface area contributed by atoms with E-state index >= 15 is 0 Å². The number of fused-ring (bicyclic) bond motifs is 1. The predicted molar refractivity (Wildman–Crippen MR) is 143 cm³/mol. The summed E-state index contributed by atoms with van der Waals surface area (Å²) in [6.07, 6.45) is 1.16. The number of esters is 1. The topological polar surface area (TPSA) is 180 Å². The van der Waals surface area contributed by atoms with Gasteiger partial charge in [0, 0.05) is 5.41 Å². The second-order valence-electron chi connectivity index (χ2n) is 10.9. The molecular weight excluding hydrogens is 560 g/mol. The van der Waals surface area contributed by atoms with E-state index in [1.807, 2.05) is 6.92 Å². The van der Waals surface area contributed by atoms with Crippen molar-refractivity contribution in [3.8, 4) is 5.75 Å². The molecule has 15 heteroatoms. The number of nitrogen functional groups attached to an aromatic ring is 1. The van der Waals surface area contributed by atoms with Gasteiger partial charge in [0.25, 0.3) is 0 Å². The van der Waals surface area contributed by atoms with Crippen LogP contribution in [0.3, 0.4) is 0 Å². The molecule has 2 aliphatic rings. The normalized spacial score (nSPS) is 27.3. The number of hydrogen-bond acceptors (Lipinski definition) is 11. The Kier molecular flexibility index (Phi) is 7.83. The number of anilines is 1. The van der Waals surface area contributed by atoms with E-state index in [0.717, 1.165) is 12.8 Å². The molecule has 1 saturated heterocycles. The van der Waals surface area contributed by atoms with Gasteiger partial charge < -0.3 is 29.9 Å². The summed E-state index contributed by atoms with van der Waals surface area (Å²) >= 11 is 0. The fourth-order valence-electron chi connectivity index (χ4n) is 4.53. The Hall–Kier alpha value is -3.13. The summed E-state index contributed by atoms with van der Waals surface area (Å²) in [7, 11) is -4.41. The number of benzene rings is 1. The van der Waals surface area contributed by atoms with Crippen LogP contribution < -0.4 is 15.3 Å². The molecule has 1 aromatic carbocycles. The summed E-state index contributed by atoms with van der Waals surface area (Å²) in [5.41, 5.74) is 1.96. The summed E-state index contributed by atoms with van der Waals surface area (Å²) < 4.78 is 52.0. The Morgan fingerprint density at radius 2 is 2.02 bits per heavy atom. The van der Waals surface area contributed by atoms with Crippen molar-refractivity contribution in [2.24, 2.45) is 5.41 Å². The van der Waals surface area contributed by atoms with E-state index in [0.29, 0.717) is 5.52 Å². The van der Waals surface area contributed by atoms with Crippen molar-refractivity contribution >= 4 is 25.1 Å². The first kappa shape index (κ1) is 29.4. The fourth-order valence-corrected chi connectivity index (χ4v) is 6.08. The second kappa shape index (κ2) is 10.9. The van der Waals surface area contributed by atoms with Gasteiger partial charge in [-0.25, -0.2) is 18.5 Å². The molecule has 13 nitrogen and oxygen atoms in total. The van der Waals surface area contributed by atoms with Crippen molar-refractivity contribution in [1.29, 1.82) is 0 Å². The van der Waals surface area contributed by atoms with Gasteiger partial charge in [-0.3, -0.25) is 9.32 Å². The molecule has 3 heterocycles. The highest BCUT2D eigenvalue weighted by Gasteiger charge is 2.61. The quantitative estimate of drug-likeness (QED) is 0.178. The Balaban J connectivity index is 1.35. The van der Waals surface area contributed by atoms with Gasteiger partial charge in [0.05, 0.1) is 25.5 Å². The molecule has 5 N–H and O–H groups in total. The van der Waals surface area contributed by atoms with Crippen LogP contribution in [-0.4, -0.2) is 75.0 Å². The lowest BCUT2D eigenvalue weighted by Gasteiger charge is -2.33. The molecule has 41 heavy (non-hydrogen) atoms. The number of hydrogen-bond donors (Lipinski definition) is 4. The van der Waals surface area contributed by atoms with E-state index in [-0.39, 0.29) is 29.3 Å². The summed E-state index contributed by atoms with van der Waals surface area (Å²) in [4.78, 5) is 16.5. The molecule has 1 aliphatic heterocycles. The minimum Gasteiger partial charge on any atom is -0.464 e. The van der Waals surface area contributed by atoms with Crippen LogP contribution in [0.15, 0.2) is 48.8 Å². The van der Waals surface area contributed by atoms with Gasteiger partial charge in [-0.05, 0) is 44.0 Å². The highest BCUT2D eigenvalue weighted by molar-refractivity contribution is 7.52. The molecule has 222 valence electrons. The fraction of sp³-hybridized carbons (Fsp3) is 0.500. The third-order valence-electron chi connectivity index (χ3n) is 7.50. The lowest BCUT2D eigenvalue weighted by Crippen LogP contribution is -2.53. The second-order valence-corrected chi connectivity index (χ2v) is 12.6. The van der Waals surface area contributed by atoms with Crippen LogP contribution in [0.25, 0.3) is 5.52 Å². The van der Waals surface area contributed by atoms with E-state index in [4.69, 9.17) is 24.3 Å². The van der Waals surface area contributed by atoms with Gasteiger partial charge in [-0.2, -0.15) is 10.2 Å². The largest absolute Gasteiger partial charge is 0.464 e. The number of ether oxygens (including phenoxy) is 2. The number of nitrogens with two attached hydrogens (primary N) is 1. The Bertz CT molecular complexity index is 1460. The smallest absolute Gasteiger partial charge is 0.459 e. The van der Waals surface area contributed by atoms with Crippen molar-refractivity contribution < 1.29 is 42.5 Å². The number of nitrogens with zero attached hydrogens (tertiary/aromatic N) is 3. The minimum atomic E-state index is -4.41. The van der Waals surface area contributed by atoms with E-state index in [1.54, 1.807) is 18.2 Å². The van der Waals surface area contributed by atoms with Crippen LogP contribution in [0.1, 0.15) is 32.4 Å². The number of carbonyl (C=O) groups is 1. The minimum absolute atomic E-state index is 0.0561. The zero-order valence-corrected chi connectivity index (χ0v) is 23.5. The molecule has 1 aliphatic carbocycles. The SMILES string of the molecule is C[C@H](N[P@@](=O)(OC[C@@]1(CF)OC[C@](O)(c2ccc3c(N)ncnn23)[C@@H]1O)Oc1ccccc1)C(=O)OCC1(C)CC1. The van der Waals surface area contributed by atoms with E-state index in [2.05, 4.69) is 15.2 Å². The maximum absolute atomic E-state index is 14.6. The number of nitrogens with one attached hydrogen (secondary N) is 1. The molecule has 0 spiro atoms. The summed E-state index contributed by atoms with van der Waals surface area (Å²) in [5.74, 6) is -0.399. The third-order valence-corrected chi connectivity index (χ3v) is 9.13. The monoisotopic (exact) mass is 593 g/mol. The number of rotatable bonds is 12. The van der Waals surface area contributed by atoms with E-state index < -0.39 is 57.0 Å². The molecule has 5 rings (SSSR count). The lowest BCUT2D eigenvalue weighted by atomic mass is 9.86. The predicted octanol–water partition coefficient (Wildman–Crippen LogP) is 2.12. The molecule has 5 atom stereocenters. The van der Waals surface area contributed by atoms with Crippen LogP contribution in [0.4, 0.5) is 10.2 Å². The Morgan fingerprint density at radius 1 is 1.29 bits per heavy atom. The molecule has 0 radical (unpaired) electrons. The maximum atomic E-state index is 14.6. The van der Waals surface area contributed by atoms with Crippen molar-refractivity contribution in [1.82, 2.24) is 19.7 Å². The van der Waals surface area contributed by atoms with Gasteiger partial charge in [0.2, 0.25) is 0 Å². The first-order valence-electron chi connectivity index (χ1n) is 13.1. The highest BCUT2D eigenvalue weighted by atomic mass is 31.2. The number of alkyl halides is 1. The zero-order valence-electron chi connectivity index (χ0n) is 22.6. The van der Waals surface area contributed by atoms with Crippen molar-refractivity contribution in [3.63, 3.8) is 0 Å². The maximum Gasteiger partial charge on any atom is 0.459 e. The first-order valence-corrected chi connectivity index (χ1v) is 14.6. The summed E-state index contributed by atoms with van der Waals surface area (Å²) in [5, 5.41) is 29.4. The van der Waals surface area contributed by atoms with E-state index in [9.17, 15) is 24.0 Å². The third kappa shape index (κ3) is 5.81. The number of para-hydroxylation sites is 1. The van der Waals surface area contributed by atoms with Crippen LogP contribution >= 0.6 is 7.75 Å². The van der Waals surface area contributed by atoms with Gasteiger partial charge in [-0.15, -0.1) is 0 Å². The summed E-state index contributed by atoms with van der Waals surface area (Å²) in [6, 6.07) is 9.90. The average Bonchev–Trinajstić information content (AvgIpc) is 3.42. The van der Waals surface area contributed by atoms with Gasteiger partial charge in [0.1, 0.15) is 42.0 Å². The molecule has 3 aromatic rings. The van der Waals surface area contributed by atoms with Crippen molar-refractivity contribution in [2.45, 2.75) is 50.0 Å². The van der Waals surface area contributed by atoms with Crippen LogP contribution in [-0.2, 0) is 29.0 Å². The zero-order chi connectivity index (χ0) is 29.5. The highest BCUT2D eigenvalue weighted by Crippen LogP contribution is 2.49. The Labute approximate surface area is 235 Å². The lowest BCUT2D eigenvalue weighted by molar-refractivity contribution is -0.147. The molecule has 1 saturated carbocycles. The van der Waals surface area contributed by atoms with Crippen LogP contribution in [0, 0.1) is 5.41 Å². The average molecular weight is 594 g/mol. The van der Waals surface area contributed by atoms with Crippen molar-refractivity contribution in [3.05, 3.63) is 54.5 Å². The molecule has 2 fully saturated rings. The molecule has 0 unspecified atom stereocenters. The number of halogens is 1. The van der Waals surface area contributed by atoms with Crippen LogP contribution in [0.5, 0.6) is 5.75 Å². The van der Waals surface area contributed by atoms with Gasteiger partial charge in [-0.1, -0.05) is 25.1 Å². The van der Waals surface area contributed by atoms with Crippen LogP contribution in [0.2, 0.25) is 0 Å². The van der Waals surface area contributed by atoms with Crippen molar-refractivity contribution in [2.75, 3.05) is 32.2 Å². The molecular formula is C26H33FN5O8P. The summed E-state index contributed by atoms with van der Waals surface area (Å²) in [6.45, 7) is 0.960. The van der Waals surface area contributed by atoms with E-state index in [1.165, 1.54) is 42.0 Å². The Morgan fingerprint density at radius 3 is 2.71 bits per heavy atom. The molecule has 2 aromatic heterocycles. The number of aliphatic hydroxyl groups is 2. The number of aromatic nitrogens is 3. The standard InChI is InChI=1S/C26H33FN5O8P/c1-17(22(33)37-13-24(2)10-11-24)31-41(36,40-18-6-4-3-5-7-18)39-14-25(12-27)23(34)26(35,15-38-25)20-9-8-19-21(28)29-16-30-32(19)20/h3-9,16-17,23,34-35H,10-15H2,1-2H3,(H,31,36)(H2,28,29,30)/t17-,23+,25+,26-,41+/m0/s1. The van der Waals surface area contributed by atoms with Gasteiger partial charge >= 0.3 is 13.7 Å². The number of aliphatic hydroxyl groups excluding tert-OH is 1. The number of carbonyl (C=O) groups excluding carboxylic acids is 1. The molecule has 0 amide bonds. The molecule has 0 bridgehead atoms. The first-order chi connectivity index (χ1) is 19.4. The van der Waals surface area contributed by atoms with Gasteiger partial charge in [0.15, 0.2) is 11.4 Å².